The van der Waals surface area contributed by atoms with E-state index in [1.54, 1.807) is 6.20 Å². The number of allylic oxidation sites excluding steroid dienone is 2. The van der Waals surface area contributed by atoms with Crippen molar-refractivity contribution in [3.05, 3.63) is 24.6 Å². The molecule has 0 saturated heterocycles. The van der Waals surface area contributed by atoms with Crippen LogP contribution in [0.3, 0.4) is 0 Å². The minimum Gasteiger partial charge on any atom is -0.477 e. The molecular weight excluding hydrogens is 422 g/mol. The van der Waals surface area contributed by atoms with E-state index in [9.17, 15) is 9.90 Å². The summed E-state index contributed by atoms with van der Waals surface area (Å²) in [6.45, 7) is 4.11. The van der Waals surface area contributed by atoms with Crippen molar-refractivity contribution < 1.29 is 14.4 Å². The number of carboxylic acids is 1. The van der Waals surface area contributed by atoms with E-state index < -0.39 is 5.97 Å². The van der Waals surface area contributed by atoms with Crippen LogP contribution in [-0.4, -0.2) is 34.1 Å². The van der Waals surface area contributed by atoms with Crippen molar-refractivity contribution in [2.75, 3.05) is 6.54 Å². The van der Waals surface area contributed by atoms with Gasteiger partial charge >= 0.3 is 5.97 Å². The van der Waals surface area contributed by atoms with Crippen molar-refractivity contribution in [2.45, 2.75) is 142 Å². The number of carbonyl (C=O) groups is 1. The van der Waals surface area contributed by atoms with Crippen LogP contribution < -0.4 is 5.73 Å². The number of rotatable bonds is 23. The quantitative estimate of drug-likeness (QED) is 0.0889. The van der Waals surface area contributed by atoms with Gasteiger partial charge < -0.3 is 5.11 Å². The average Bonchev–Trinajstić information content (AvgIpc) is 3.20. The Hall–Kier alpha value is -1.46. The minimum absolute atomic E-state index is 0.0292. The van der Waals surface area contributed by atoms with E-state index in [-0.39, 0.29) is 17.2 Å². The molecule has 0 spiro atoms. The molecule has 1 rings (SSSR count). The third-order valence-electron chi connectivity index (χ3n) is 7.07. The van der Waals surface area contributed by atoms with E-state index in [4.69, 9.17) is 5.73 Å². The van der Waals surface area contributed by atoms with Crippen LogP contribution in [0.25, 0.3) is 0 Å². The Balaban J connectivity index is 1.93. The summed E-state index contributed by atoms with van der Waals surface area (Å²) < 4.78 is 0.166. The monoisotopic (exact) mass is 476 g/mol. The average molecular weight is 477 g/mol. The highest BCUT2D eigenvalue weighted by Gasteiger charge is 2.40. The summed E-state index contributed by atoms with van der Waals surface area (Å²) in [6, 6.07) is 0. The topological polar surface area (TPSA) is 75.7 Å². The van der Waals surface area contributed by atoms with E-state index in [1.165, 1.54) is 103 Å². The van der Waals surface area contributed by atoms with E-state index in [0.717, 1.165) is 25.1 Å². The Morgan fingerprint density at radius 2 is 1.35 bits per heavy atom. The number of hydrogen-bond acceptors (Lipinski definition) is 3. The first-order chi connectivity index (χ1) is 16.5. The van der Waals surface area contributed by atoms with Gasteiger partial charge in [-0.15, -0.1) is 0 Å². The lowest BCUT2D eigenvalue weighted by atomic mass is 10.0. The predicted octanol–water partition coefficient (Wildman–Crippen LogP) is 8.06. The maximum Gasteiger partial charge on any atom is 0.360 e. The summed E-state index contributed by atoms with van der Waals surface area (Å²) in [7, 11) is 0. The third kappa shape index (κ3) is 13.4. The van der Waals surface area contributed by atoms with Crippen LogP contribution in [0, 0.1) is 0 Å². The van der Waals surface area contributed by atoms with Gasteiger partial charge in [-0.05, 0) is 32.1 Å². The maximum atomic E-state index is 11.3. The number of aliphatic imine (C=N–C) groups is 1. The Morgan fingerprint density at radius 3 is 1.82 bits per heavy atom. The molecule has 0 saturated carbocycles. The molecule has 1 aliphatic heterocycles. The maximum absolute atomic E-state index is 11.3. The fraction of sp³-hybridized carbons (Fsp3) is 0.793. The number of carboxylic acid groups (broad SMARTS) is 1. The normalized spacial score (nSPS) is 18.6. The molecule has 0 aliphatic carbocycles. The molecule has 0 aromatic heterocycles. The molecule has 196 valence electrons. The number of unbranched alkanes of at least 4 members (excludes halogenated alkanes) is 16. The molecular formula is C29H54N3O2+. The van der Waals surface area contributed by atoms with Crippen molar-refractivity contribution in [3.63, 3.8) is 0 Å². The SMILES string of the molecule is CCCCCCCCCCCCC/C=C/CCCCCCCC1=NC=C[N+]1(CC(=O)O)C(C)N. The summed E-state index contributed by atoms with van der Waals surface area (Å²) in [5, 5.41) is 9.28. The molecule has 0 radical (unpaired) electrons. The fourth-order valence-corrected chi connectivity index (χ4v) is 4.82. The summed E-state index contributed by atoms with van der Waals surface area (Å²) in [6.07, 6.45) is 32.7. The zero-order valence-corrected chi connectivity index (χ0v) is 22.4. The third-order valence-corrected chi connectivity index (χ3v) is 7.07. The van der Waals surface area contributed by atoms with Gasteiger partial charge in [-0.25, -0.2) is 14.3 Å². The minimum atomic E-state index is -0.840. The molecule has 3 N–H and O–H groups in total. The molecule has 1 aliphatic rings. The number of nitrogens with two attached hydrogens (primary N) is 1. The number of quaternary nitrogens is 1. The summed E-state index contributed by atoms with van der Waals surface area (Å²) >= 11 is 0. The molecule has 34 heavy (non-hydrogen) atoms. The summed E-state index contributed by atoms with van der Waals surface area (Å²) in [5.41, 5.74) is 6.12. The van der Waals surface area contributed by atoms with Crippen LogP contribution in [0.5, 0.6) is 0 Å². The molecule has 5 heteroatoms. The van der Waals surface area contributed by atoms with E-state index in [1.807, 2.05) is 13.1 Å². The molecule has 0 amide bonds. The summed E-state index contributed by atoms with van der Waals surface area (Å²) in [5.74, 6) is 0.0517. The summed E-state index contributed by atoms with van der Waals surface area (Å²) in [4.78, 5) is 15.7. The van der Waals surface area contributed by atoms with Crippen molar-refractivity contribution >= 4 is 11.8 Å². The lowest BCUT2D eigenvalue weighted by molar-refractivity contribution is -0.805. The molecule has 2 unspecified atom stereocenters. The van der Waals surface area contributed by atoms with Crippen LogP contribution in [0.15, 0.2) is 29.5 Å². The highest BCUT2D eigenvalue weighted by Crippen LogP contribution is 2.23. The van der Waals surface area contributed by atoms with Crippen molar-refractivity contribution in [3.8, 4) is 0 Å². The smallest absolute Gasteiger partial charge is 0.360 e. The van der Waals surface area contributed by atoms with Gasteiger partial charge in [0.25, 0.3) is 0 Å². The van der Waals surface area contributed by atoms with Gasteiger partial charge in [0, 0.05) is 13.3 Å². The molecule has 0 aromatic carbocycles. The van der Waals surface area contributed by atoms with Gasteiger partial charge in [-0.3, -0.25) is 5.73 Å². The van der Waals surface area contributed by atoms with Crippen LogP contribution in [0.2, 0.25) is 0 Å². The second-order valence-electron chi connectivity index (χ2n) is 10.2. The highest BCUT2D eigenvalue weighted by atomic mass is 16.4. The fourth-order valence-electron chi connectivity index (χ4n) is 4.82. The predicted molar refractivity (Wildman–Crippen MR) is 146 cm³/mol. The van der Waals surface area contributed by atoms with Crippen LogP contribution in [-0.2, 0) is 4.79 Å². The van der Waals surface area contributed by atoms with E-state index in [2.05, 4.69) is 24.1 Å². The lowest BCUT2D eigenvalue weighted by Crippen LogP contribution is -2.59. The first-order valence-electron chi connectivity index (χ1n) is 14.3. The Bertz CT molecular complexity index is 612. The van der Waals surface area contributed by atoms with Gasteiger partial charge in [0.15, 0.2) is 6.54 Å². The second kappa shape index (κ2) is 19.8. The molecule has 2 atom stereocenters. The van der Waals surface area contributed by atoms with E-state index in [0.29, 0.717) is 0 Å². The van der Waals surface area contributed by atoms with Crippen LogP contribution in [0.1, 0.15) is 136 Å². The first-order valence-corrected chi connectivity index (χ1v) is 14.3. The zero-order chi connectivity index (χ0) is 24.9. The number of aliphatic carboxylic acids is 1. The number of amidine groups is 1. The van der Waals surface area contributed by atoms with Gasteiger partial charge in [-0.2, -0.15) is 0 Å². The second-order valence-corrected chi connectivity index (χ2v) is 10.2. The standard InChI is InChI=1S/C29H53N3O2/c1-3-4-5-6-7-8-9-10-11-12-13-14-15-16-17-18-19-20-21-22-23-28-31-24-25-32(28,27(2)30)26-29(33)34/h15-16,24-25,27H,3-14,17-23,26,30H2,1-2H3/p+1/b16-15+. The van der Waals surface area contributed by atoms with Gasteiger partial charge in [0.1, 0.15) is 12.4 Å². The molecule has 1 heterocycles. The Morgan fingerprint density at radius 1 is 0.882 bits per heavy atom. The van der Waals surface area contributed by atoms with Crippen LogP contribution >= 0.6 is 0 Å². The van der Waals surface area contributed by atoms with Gasteiger partial charge in [0.2, 0.25) is 5.84 Å². The molecule has 0 fully saturated rings. The highest BCUT2D eigenvalue weighted by molar-refractivity contribution is 5.81. The van der Waals surface area contributed by atoms with Gasteiger partial charge in [-0.1, -0.05) is 103 Å². The number of nitrogens with zero attached hydrogens (tertiary/aromatic N) is 2. The van der Waals surface area contributed by atoms with E-state index >= 15 is 0 Å². The van der Waals surface area contributed by atoms with Gasteiger partial charge in [0.05, 0.1) is 6.20 Å². The number of hydrogen-bond donors (Lipinski definition) is 2. The molecule has 0 aromatic rings. The lowest BCUT2D eigenvalue weighted by Gasteiger charge is -2.34. The van der Waals surface area contributed by atoms with Crippen LogP contribution in [0.4, 0.5) is 0 Å². The first kappa shape index (κ1) is 30.6. The largest absolute Gasteiger partial charge is 0.477 e. The van der Waals surface area contributed by atoms with Crippen molar-refractivity contribution in [2.24, 2.45) is 10.7 Å². The van der Waals surface area contributed by atoms with Crippen molar-refractivity contribution in [1.29, 1.82) is 0 Å². The zero-order valence-electron chi connectivity index (χ0n) is 22.4. The molecule has 5 nitrogen and oxygen atoms in total. The Labute approximate surface area is 210 Å². The molecule has 0 bridgehead atoms. The Kier molecular flexibility index (Phi) is 17.8. The van der Waals surface area contributed by atoms with Crippen molar-refractivity contribution in [1.82, 2.24) is 0 Å².